The third-order valence-electron chi connectivity index (χ3n) is 7.24. The second-order valence-electron chi connectivity index (χ2n) is 9.90. The number of carboxylic acid groups (broad SMARTS) is 1. The number of ether oxygens (including phenoxy) is 2. The molecule has 0 radical (unpaired) electrons. The summed E-state index contributed by atoms with van der Waals surface area (Å²) in [6.07, 6.45) is 2.23. The molecule has 0 aliphatic carbocycles. The van der Waals surface area contributed by atoms with Crippen molar-refractivity contribution in [3.8, 4) is 0 Å². The summed E-state index contributed by atoms with van der Waals surface area (Å²) in [6.45, 7) is 5.72. The van der Waals surface area contributed by atoms with E-state index in [1.54, 1.807) is 23.5 Å². The smallest absolute Gasteiger partial charge is 0.450 e. The monoisotopic (exact) mass is 553 g/mol. The summed E-state index contributed by atoms with van der Waals surface area (Å²) >= 11 is 1.57. The molecule has 3 fully saturated rings. The molecule has 13 heteroatoms. The standard InChI is InChI=1S/C26H31N7O5S/c34-24(18-5-4-6-21(27-18)33-10-7-17(16-33)38-26(35)36)28-19-15-20-22(29-23(19)31-8-2-1-3-9-31)30-25(39-20)32-11-13-37-14-12-32/h4-6,15,17H,1-3,7-14,16H2,(H,28,34)(H,35,36). The maximum absolute atomic E-state index is 13.4. The van der Waals surface area contributed by atoms with Gasteiger partial charge in [-0.3, -0.25) is 4.79 Å². The predicted octanol–water partition coefficient (Wildman–Crippen LogP) is 3.44. The summed E-state index contributed by atoms with van der Waals surface area (Å²) in [5.41, 5.74) is 1.61. The second-order valence-corrected chi connectivity index (χ2v) is 10.9. The summed E-state index contributed by atoms with van der Waals surface area (Å²) in [4.78, 5) is 45.0. The van der Waals surface area contributed by atoms with Gasteiger partial charge in [0.1, 0.15) is 17.6 Å². The number of fused-ring (bicyclic) bond motifs is 1. The number of pyridine rings is 2. The highest BCUT2D eigenvalue weighted by Crippen LogP contribution is 2.35. The highest BCUT2D eigenvalue weighted by Gasteiger charge is 2.27. The van der Waals surface area contributed by atoms with Crippen LogP contribution in [0.1, 0.15) is 36.2 Å². The minimum atomic E-state index is -1.28. The van der Waals surface area contributed by atoms with Crippen LogP contribution in [0, 0.1) is 0 Å². The van der Waals surface area contributed by atoms with Crippen molar-refractivity contribution in [1.29, 1.82) is 0 Å². The first-order valence-corrected chi connectivity index (χ1v) is 14.2. The molecule has 0 saturated carbocycles. The Morgan fingerprint density at radius 2 is 1.82 bits per heavy atom. The molecule has 206 valence electrons. The molecule has 0 aromatic carbocycles. The highest BCUT2D eigenvalue weighted by molar-refractivity contribution is 7.22. The van der Waals surface area contributed by atoms with Gasteiger partial charge in [-0.25, -0.2) is 14.8 Å². The highest BCUT2D eigenvalue weighted by atomic mass is 32.1. The van der Waals surface area contributed by atoms with Crippen LogP contribution in [0.25, 0.3) is 10.3 Å². The molecule has 3 aliphatic heterocycles. The second kappa shape index (κ2) is 11.2. The average molecular weight is 554 g/mol. The zero-order valence-corrected chi connectivity index (χ0v) is 22.4. The third kappa shape index (κ3) is 5.69. The molecule has 0 spiro atoms. The first-order valence-electron chi connectivity index (χ1n) is 13.4. The van der Waals surface area contributed by atoms with Crippen molar-refractivity contribution in [2.24, 2.45) is 0 Å². The van der Waals surface area contributed by atoms with E-state index < -0.39 is 12.3 Å². The number of hydrogen-bond donors (Lipinski definition) is 2. The van der Waals surface area contributed by atoms with E-state index >= 15 is 0 Å². The van der Waals surface area contributed by atoms with Gasteiger partial charge in [0.15, 0.2) is 16.6 Å². The lowest BCUT2D eigenvalue weighted by Gasteiger charge is -2.29. The number of piperidine rings is 1. The van der Waals surface area contributed by atoms with Crippen molar-refractivity contribution >= 4 is 56.2 Å². The molecule has 6 heterocycles. The lowest BCUT2D eigenvalue weighted by molar-refractivity contribution is 0.0602. The van der Waals surface area contributed by atoms with Crippen LogP contribution in [-0.4, -0.2) is 90.7 Å². The van der Waals surface area contributed by atoms with Gasteiger partial charge in [-0.2, -0.15) is 4.98 Å². The van der Waals surface area contributed by atoms with Gasteiger partial charge < -0.3 is 34.6 Å². The molecule has 6 rings (SSSR count). The molecule has 3 aromatic heterocycles. The fraction of sp³-hybridized carbons (Fsp3) is 0.500. The molecule has 12 nitrogen and oxygen atoms in total. The number of rotatable bonds is 6. The minimum Gasteiger partial charge on any atom is -0.450 e. The van der Waals surface area contributed by atoms with Crippen LogP contribution < -0.4 is 20.0 Å². The first kappa shape index (κ1) is 25.6. The number of carbonyl (C=O) groups is 2. The molecule has 39 heavy (non-hydrogen) atoms. The number of nitrogens with one attached hydrogen (secondary N) is 1. The number of amides is 1. The molecule has 1 atom stereocenters. The number of thiazole rings is 1. The van der Waals surface area contributed by atoms with Crippen molar-refractivity contribution in [2.45, 2.75) is 31.8 Å². The Labute approximate surface area is 229 Å². The lowest BCUT2D eigenvalue weighted by atomic mass is 10.1. The van der Waals surface area contributed by atoms with E-state index in [-0.39, 0.29) is 11.6 Å². The molecule has 3 aromatic rings. The van der Waals surface area contributed by atoms with Crippen LogP contribution >= 0.6 is 11.3 Å². The van der Waals surface area contributed by atoms with Crippen LogP contribution in [-0.2, 0) is 9.47 Å². The van der Waals surface area contributed by atoms with E-state index in [4.69, 9.17) is 24.5 Å². The molecule has 1 unspecified atom stereocenters. The van der Waals surface area contributed by atoms with Crippen LogP contribution in [0.2, 0.25) is 0 Å². The van der Waals surface area contributed by atoms with Crippen molar-refractivity contribution in [3.63, 3.8) is 0 Å². The number of aromatic nitrogens is 3. The van der Waals surface area contributed by atoms with Gasteiger partial charge in [0.2, 0.25) is 0 Å². The summed E-state index contributed by atoms with van der Waals surface area (Å²) < 4.78 is 11.3. The molecule has 3 aliphatic rings. The van der Waals surface area contributed by atoms with Crippen LogP contribution in [0.15, 0.2) is 24.3 Å². The Hall–Kier alpha value is -3.71. The van der Waals surface area contributed by atoms with Gasteiger partial charge in [-0.05, 0) is 37.5 Å². The first-order chi connectivity index (χ1) is 19.0. The number of carbonyl (C=O) groups excluding carboxylic acids is 1. The maximum atomic E-state index is 13.4. The molecule has 0 bridgehead atoms. The Morgan fingerprint density at radius 3 is 2.62 bits per heavy atom. The van der Waals surface area contributed by atoms with Crippen LogP contribution in [0.4, 0.5) is 27.2 Å². The van der Waals surface area contributed by atoms with Crippen molar-refractivity contribution < 1.29 is 24.2 Å². The van der Waals surface area contributed by atoms with Gasteiger partial charge in [0.25, 0.3) is 5.91 Å². The van der Waals surface area contributed by atoms with E-state index in [0.29, 0.717) is 49.9 Å². The van der Waals surface area contributed by atoms with E-state index in [2.05, 4.69) is 20.1 Å². The SMILES string of the molecule is O=C(O)OC1CCN(c2cccc(C(=O)Nc3cc4sc(N5CCOCC5)nc4nc3N3CCCCC3)n2)C1. The van der Waals surface area contributed by atoms with Gasteiger partial charge >= 0.3 is 6.16 Å². The molecule has 1 amide bonds. The van der Waals surface area contributed by atoms with Gasteiger partial charge in [-0.1, -0.05) is 17.4 Å². The Morgan fingerprint density at radius 1 is 1.00 bits per heavy atom. The van der Waals surface area contributed by atoms with Crippen molar-refractivity contribution in [2.75, 3.05) is 72.5 Å². The van der Waals surface area contributed by atoms with Crippen LogP contribution in [0.5, 0.6) is 0 Å². The minimum absolute atomic E-state index is 0.276. The number of hydrogen-bond acceptors (Lipinski definition) is 11. The summed E-state index contributed by atoms with van der Waals surface area (Å²) in [5, 5.41) is 12.9. The van der Waals surface area contributed by atoms with E-state index in [0.717, 1.165) is 54.7 Å². The fourth-order valence-electron chi connectivity index (χ4n) is 5.26. The molecular weight excluding hydrogens is 522 g/mol. The number of morpholine rings is 1. The average Bonchev–Trinajstić information content (AvgIpc) is 3.60. The molecule has 2 N–H and O–H groups in total. The predicted molar refractivity (Wildman–Crippen MR) is 148 cm³/mol. The Balaban J connectivity index is 1.26. The fourth-order valence-corrected chi connectivity index (χ4v) is 6.26. The summed E-state index contributed by atoms with van der Waals surface area (Å²) in [7, 11) is 0. The third-order valence-corrected chi connectivity index (χ3v) is 8.29. The topological polar surface area (TPSA) is 133 Å². The normalized spacial score (nSPS) is 19.9. The summed E-state index contributed by atoms with van der Waals surface area (Å²) in [6, 6.07) is 7.25. The largest absolute Gasteiger partial charge is 0.506 e. The van der Waals surface area contributed by atoms with Gasteiger partial charge in [0.05, 0.1) is 30.1 Å². The lowest BCUT2D eigenvalue weighted by Crippen LogP contribution is -2.36. The van der Waals surface area contributed by atoms with E-state index in [1.807, 2.05) is 17.0 Å². The maximum Gasteiger partial charge on any atom is 0.506 e. The number of anilines is 4. The molecule has 3 saturated heterocycles. The zero-order chi connectivity index (χ0) is 26.8. The van der Waals surface area contributed by atoms with Crippen molar-refractivity contribution in [1.82, 2.24) is 15.0 Å². The summed E-state index contributed by atoms with van der Waals surface area (Å²) in [5.74, 6) is 1.02. The van der Waals surface area contributed by atoms with Gasteiger partial charge in [0, 0.05) is 39.1 Å². The number of nitrogens with zero attached hydrogens (tertiary/aromatic N) is 6. The van der Waals surface area contributed by atoms with E-state index in [1.165, 1.54) is 6.42 Å². The van der Waals surface area contributed by atoms with Gasteiger partial charge in [-0.15, -0.1) is 0 Å². The van der Waals surface area contributed by atoms with Crippen molar-refractivity contribution in [3.05, 3.63) is 30.0 Å². The quantitative estimate of drug-likeness (QED) is 0.435. The van der Waals surface area contributed by atoms with Crippen LogP contribution in [0.3, 0.4) is 0 Å². The molecular formula is C26H31N7O5S. The Bertz CT molecular complexity index is 1360. The zero-order valence-electron chi connectivity index (χ0n) is 21.5. The van der Waals surface area contributed by atoms with E-state index in [9.17, 15) is 9.59 Å². The Kier molecular flexibility index (Phi) is 7.33.